The molecule has 8 heteroatoms. The summed E-state index contributed by atoms with van der Waals surface area (Å²) in [4.78, 5) is 17.1. The first-order chi connectivity index (χ1) is 13.1. The highest BCUT2D eigenvalue weighted by Crippen LogP contribution is 2.26. The number of nitriles is 1. The molecule has 0 aliphatic carbocycles. The molecule has 0 aliphatic rings. The van der Waals surface area contributed by atoms with E-state index in [1.165, 1.54) is 11.3 Å². The summed E-state index contributed by atoms with van der Waals surface area (Å²) in [6, 6.07) is 13.9. The van der Waals surface area contributed by atoms with Crippen molar-refractivity contribution in [3.8, 4) is 22.7 Å². The quantitative estimate of drug-likeness (QED) is 0.581. The third-order valence-corrected chi connectivity index (χ3v) is 4.59. The van der Waals surface area contributed by atoms with Crippen molar-refractivity contribution in [3.05, 3.63) is 70.9 Å². The molecule has 3 heterocycles. The number of nitrogens with one attached hydrogen (secondary N) is 1. The predicted octanol–water partition coefficient (Wildman–Crippen LogP) is 4.02. The van der Waals surface area contributed by atoms with Crippen molar-refractivity contribution >= 4 is 23.1 Å². The summed E-state index contributed by atoms with van der Waals surface area (Å²) in [5, 5.41) is 18.7. The number of amides is 1. The highest BCUT2D eigenvalue weighted by atomic mass is 32.1. The molecule has 0 fully saturated rings. The lowest BCUT2D eigenvalue weighted by atomic mass is 10.1. The third kappa shape index (κ3) is 3.36. The van der Waals surface area contributed by atoms with Crippen LogP contribution in [0.25, 0.3) is 16.6 Å². The van der Waals surface area contributed by atoms with Crippen LogP contribution in [-0.2, 0) is 0 Å². The molecule has 1 amide bonds. The Hall–Kier alpha value is -3.70. The van der Waals surface area contributed by atoms with E-state index in [4.69, 9.17) is 9.68 Å². The average Bonchev–Trinajstić information content (AvgIpc) is 3.42. The smallest absolute Gasteiger partial charge is 0.256 e. The van der Waals surface area contributed by atoms with Gasteiger partial charge in [-0.05, 0) is 37.3 Å². The van der Waals surface area contributed by atoms with E-state index >= 15 is 0 Å². The van der Waals surface area contributed by atoms with Crippen molar-refractivity contribution in [3.63, 3.8) is 0 Å². The molecule has 7 nitrogen and oxygen atoms in total. The maximum absolute atomic E-state index is 12.6. The van der Waals surface area contributed by atoms with Crippen molar-refractivity contribution in [2.24, 2.45) is 0 Å². The van der Waals surface area contributed by atoms with Crippen LogP contribution < -0.4 is 5.32 Å². The molecule has 132 valence electrons. The number of nitrogens with zero attached hydrogens (tertiary/aromatic N) is 4. The fourth-order valence-electron chi connectivity index (χ4n) is 2.55. The van der Waals surface area contributed by atoms with Gasteiger partial charge in [0.15, 0.2) is 5.76 Å². The van der Waals surface area contributed by atoms with Gasteiger partial charge >= 0.3 is 0 Å². The number of carbonyl (C=O) groups excluding carboxylic acids is 1. The minimum atomic E-state index is -0.323. The average molecular weight is 375 g/mol. The zero-order chi connectivity index (χ0) is 18.8. The van der Waals surface area contributed by atoms with E-state index in [0.29, 0.717) is 33.5 Å². The monoisotopic (exact) mass is 375 g/mol. The lowest BCUT2D eigenvalue weighted by Crippen LogP contribution is -2.15. The molecule has 0 spiro atoms. The summed E-state index contributed by atoms with van der Waals surface area (Å²) < 4.78 is 6.95. The van der Waals surface area contributed by atoms with Crippen LogP contribution in [0.5, 0.6) is 0 Å². The summed E-state index contributed by atoms with van der Waals surface area (Å²) in [6.45, 7) is 1.84. The van der Waals surface area contributed by atoms with Gasteiger partial charge in [0.2, 0.25) is 5.13 Å². The Morgan fingerprint density at radius 2 is 2.19 bits per heavy atom. The number of aryl methyl sites for hydroxylation is 1. The van der Waals surface area contributed by atoms with Crippen LogP contribution in [0.15, 0.2) is 58.5 Å². The van der Waals surface area contributed by atoms with Crippen LogP contribution >= 0.6 is 11.3 Å². The Bertz CT molecular complexity index is 1150. The van der Waals surface area contributed by atoms with Gasteiger partial charge in [-0.1, -0.05) is 6.07 Å². The number of furan rings is 1. The molecule has 3 aromatic heterocycles. The van der Waals surface area contributed by atoms with Crippen molar-refractivity contribution in [2.45, 2.75) is 6.92 Å². The van der Waals surface area contributed by atoms with Gasteiger partial charge in [0, 0.05) is 17.0 Å². The molecule has 0 bridgehead atoms. The van der Waals surface area contributed by atoms with Crippen molar-refractivity contribution < 1.29 is 9.21 Å². The fraction of sp³-hybridized carbons (Fsp3) is 0.0526. The van der Waals surface area contributed by atoms with Crippen LogP contribution in [0.1, 0.15) is 21.6 Å². The first kappa shape index (κ1) is 16.8. The van der Waals surface area contributed by atoms with E-state index in [2.05, 4.69) is 15.4 Å². The molecule has 0 atom stereocenters. The van der Waals surface area contributed by atoms with Gasteiger partial charge in [-0.2, -0.15) is 15.0 Å². The lowest BCUT2D eigenvalue weighted by molar-refractivity contribution is 0.102. The van der Waals surface area contributed by atoms with E-state index in [0.717, 1.165) is 5.69 Å². The Kier molecular flexibility index (Phi) is 4.28. The SMILES string of the molecule is Cc1cc(NC(=O)c2cccc(C#N)c2)n(-c2nc(-c3ccco3)cs2)n1. The second-order valence-electron chi connectivity index (χ2n) is 5.72. The Balaban J connectivity index is 1.63. The molecular weight excluding hydrogens is 362 g/mol. The van der Waals surface area contributed by atoms with Gasteiger partial charge in [0.25, 0.3) is 5.91 Å². The molecule has 0 unspecified atom stereocenters. The van der Waals surface area contributed by atoms with E-state index < -0.39 is 0 Å². The van der Waals surface area contributed by atoms with Crippen LogP contribution in [-0.4, -0.2) is 20.7 Å². The zero-order valence-electron chi connectivity index (χ0n) is 14.2. The number of carbonyl (C=O) groups is 1. The molecule has 1 aromatic carbocycles. The number of thiazole rings is 1. The number of anilines is 1. The number of hydrogen-bond acceptors (Lipinski definition) is 6. The third-order valence-electron chi connectivity index (χ3n) is 3.77. The van der Waals surface area contributed by atoms with E-state index in [1.54, 1.807) is 47.3 Å². The Morgan fingerprint density at radius 1 is 1.30 bits per heavy atom. The number of benzene rings is 1. The summed E-state index contributed by atoms with van der Waals surface area (Å²) in [7, 11) is 0. The van der Waals surface area contributed by atoms with Gasteiger partial charge in [-0.25, -0.2) is 4.98 Å². The van der Waals surface area contributed by atoms with Crippen LogP contribution in [0.3, 0.4) is 0 Å². The highest BCUT2D eigenvalue weighted by molar-refractivity contribution is 7.12. The Labute approximate surface area is 158 Å². The normalized spacial score (nSPS) is 10.5. The minimum Gasteiger partial charge on any atom is -0.463 e. The second kappa shape index (κ2) is 6.90. The van der Waals surface area contributed by atoms with Crippen LogP contribution in [0.4, 0.5) is 5.82 Å². The summed E-state index contributed by atoms with van der Waals surface area (Å²) in [5.41, 5.74) is 2.27. The van der Waals surface area contributed by atoms with Gasteiger partial charge in [0.1, 0.15) is 11.5 Å². The molecular formula is C19H13N5O2S. The maximum atomic E-state index is 12.6. The molecule has 0 saturated carbocycles. The number of rotatable bonds is 4. The van der Waals surface area contributed by atoms with Crippen molar-refractivity contribution in [2.75, 3.05) is 5.32 Å². The maximum Gasteiger partial charge on any atom is 0.256 e. The fourth-order valence-corrected chi connectivity index (χ4v) is 3.33. The first-order valence-electron chi connectivity index (χ1n) is 8.02. The van der Waals surface area contributed by atoms with Gasteiger partial charge < -0.3 is 9.73 Å². The molecule has 27 heavy (non-hydrogen) atoms. The minimum absolute atomic E-state index is 0.323. The first-order valence-corrected chi connectivity index (χ1v) is 8.90. The summed E-state index contributed by atoms with van der Waals surface area (Å²) >= 11 is 1.39. The Morgan fingerprint density at radius 3 is 2.96 bits per heavy atom. The summed E-state index contributed by atoms with van der Waals surface area (Å²) in [5.74, 6) is 0.844. The number of aromatic nitrogens is 3. The molecule has 0 saturated heterocycles. The molecule has 1 N–H and O–H groups in total. The van der Waals surface area contributed by atoms with Gasteiger partial charge in [-0.3, -0.25) is 4.79 Å². The topological polar surface area (TPSA) is 96.7 Å². The molecule has 0 radical (unpaired) electrons. The van der Waals surface area contributed by atoms with E-state index in [1.807, 2.05) is 24.4 Å². The lowest BCUT2D eigenvalue weighted by Gasteiger charge is -2.06. The zero-order valence-corrected chi connectivity index (χ0v) is 15.0. The standard InChI is InChI=1S/C19H13N5O2S/c1-12-8-17(22-18(25)14-5-2-4-13(9-14)10-20)24(23-12)19-21-15(11-27-19)16-6-3-7-26-16/h2-9,11H,1H3,(H,22,25). The highest BCUT2D eigenvalue weighted by Gasteiger charge is 2.16. The second-order valence-corrected chi connectivity index (χ2v) is 6.56. The predicted molar refractivity (Wildman–Crippen MR) is 101 cm³/mol. The van der Waals surface area contributed by atoms with E-state index in [-0.39, 0.29) is 5.91 Å². The van der Waals surface area contributed by atoms with Gasteiger partial charge in [0.05, 0.1) is 23.6 Å². The van der Waals surface area contributed by atoms with Crippen molar-refractivity contribution in [1.82, 2.24) is 14.8 Å². The molecule has 4 aromatic rings. The molecule has 4 rings (SSSR count). The number of hydrogen-bond donors (Lipinski definition) is 1. The van der Waals surface area contributed by atoms with Crippen LogP contribution in [0, 0.1) is 18.3 Å². The van der Waals surface area contributed by atoms with Crippen molar-refractivity contribution in [1.29, 1.82) is 5.26 Å². The largest absolute Gasteiger partial charge is 0.463 e. The van der Waals surface area contributed by atoms with Gasteiger partial charge in [-0.15, -0.1) is 11.3 Å². The molecule has 0 aliphatic heterocycles. The van der Waals surface area contributed by atoms with E-state index in [9.17, 15) is 4.79 Å². The summed E-state index contributed by atoms with van der Waals surface area (Å²) in [6.07, 6.45) is 1.59. The van der Waals surface area contributed by atoms with Crippen LogP contribution in [0.2, 0.25) is 0 Å².